The van der Waals surface area contributed by atoms with E-state index in [1.165, 1.54) is 10.7 Å². The maximum Gasteiger partial charge on any atom is 0.303 e. The SMILES string of the molecule is Cn1nc(-c2ccccc2F)nc1CCC(=O)O. The average molecular weight is 249 g/mol. The third kappa shape index (κ3) is 2.53. The van der Waals surface area contributed by atoms with E-state index >= 15 is 0 Å². The van der Waals surface area contributed by atoms with Gasteiger partial charge in [0.25, 0.3) is 0 Å². The van der Waals surface area contributed by atoms with Crippen molar-refractivity contribution in [2.45, 2.75) is 12.8 Å². The van der Waals surface area contributed by atoms with E-state index in [-0.39, 0.29) is 18.7 Å². The van der Waals surface area contributed by atoms with Crippen LogP contribution in [0.15, 0.2) is 24.3 Å². The van der Waals surface area contributed by atoms with Gasteiger partial charge in [-0.2, -0.15) is 5.10 Å². The van der Waals surface area contributed by atoms with Crippen LogP contribution >= 0.6 is 0 Å². The van der Waals surface area contributed by atoms with Gasteiger partial charge in [-0.05, 0) is 12.1 Å². The van der Waals surface area contributed by atoms with Gasteiger partial charge >= 0.3 is 5.97 Å². The maximum atomic E-state index is 13.5. The first kappa shape index (κ1) is 12.2. The van der Waals surface area contributed by atoms with E-state index in [1.54, 1.807) is 25.2 Å². The average Bonchev–Trinajstić information content (AvgIpc) is 2.68. The second kappa shape index (κ2) is 4.95. The van der Waals surface area contributed by atoms with E-state index in [4.69, 9.17) is 5.11 Å². The van der Waals surface area contributed by atoms with Gasteiger partial charge in [0.2, 0.25) is 0 Å². The zero-order valence-corrected chi connectivity index (χ0v) is 9.80. The molecule has 2 aromatic rings. The Bertz CT molecular complexity index is 580. The van der Waals surface area contributed by atoms with Crippen molar-refractivity contribution in [3.8, 4) is 11.4 Å². The number of aliphatic carboxylic acids is 1. The first-order valence-corrected chi connectivity index (χ1v) is 5.44. The Hall–Kier alpha value is -2.24. The fraction of sp³-hybridized carbons (Fsp3) is 0.250. The Morgan fingerprint density at radius 2 is 2.17 bits per heavy atom. The second-order valence-corrected chi connectivity index (χ2v) is 3.85. The Morgan fingerprint density at radius 3 is 2.83 bits per heavy atom. The van der Waals surface area contributed by atoms with Gasteiger partial charge < -0.3 is 5.11 Å². The Labute approximate surface area is 103 Å². The van der Waals surface area contributed by atoms with E-state index in [0.29, 0.717) is 11.4 Å². The van der Waals surface area contributed by atoms with Crippen LogP contribution in [0.2, 0.25) is 0 Å². The van der Waals surface area contributed by atoms with Gasteiger partial charge in [-0.15, -0.1) is 0 Å². The molecule has 1 aromatic heterocycles. The van der Waals surface area contributed by atoms with Gasteiger partial charge in [0.15, 0.2) is 5.82 Å². The highest BCUT2D eigenvalue weighted by atomic mass is 19.1. The molecule has 6 heteroatoms. The summed E-state index contributed by atoms with van der Waals surface area (Å²) in [6, 6.07) is 6.22. The number of carbonyl (C=O) groups is 1. The van der Waals surface area contributed by atoms with Crippen LogP contribution in [0.25, 0.3) is 11.4 Å². The number of halogens is 1. The van der Waals surface area contributed by atoms with Crippen LogP contribution in [-0.4, -0.2) is 25.8 Å². The fourth-order valence-corrected chi connectivity index (χ4v) is 1.61. The van der Waals surface area contributed by atoms with Crippen LogP contribution in [-0.2, 0) is 18.3 Å². The Kier molecular flexibility index (Phi) is 3.36. The molecule has 2 rings (SSSR count). The standard InChI is InChI=1S/C12H12FN3O2/c1-16-10(6-7-11(17)18)14-12(15-16)8-4-2-3-5-9(8)13/h2-5H,6-7H2,1H3,(H,17,18). The minimum absolute atomic E-state index is 0.0246. The lowest BCUT2D eigenvalue weighted by Crippen LogP contribution is -2.03. The summed E-state index contributed by atoms with van der Waals surface area (Å²) in [5, 5.41) is 12.7. The van der Waals surface area contributed by atoms with Gasteiger partial charge in [0.1, 0.15) is 11.6 Å². The van der Waals surface area contributed by atoms with Gasteiger partial charge in [0, 0.05) is 13.5 Å². The number of aromatic nitrogens is 3. The molecule has 0 aliphatic rings. The maximum absolute atomic E-state index is 13.5. The van der Waals surface area contributed by atoms with Gasteiger partial charge in [-0.3, -0.25) is 9.48 Å². The first-order valence-electron chi connectivity index (χ1n) is 5.44. The number of rotatable bonds is 4. The predicted octanol–water partition coefficient (Wildman–Crippen LogP) is 1.64. The van der Waals surface area contributed by atoms with Crippen molar-refractivity contribution in [2.24, 2.45) is 7.05 Å². The number of benzene rings is 1. The van der Waals surface area contributed by atoms with Crippen LogP contribution in [0.5, 0.6) is 0 Å². The lowest BCUT2D eigenvalue weighted by atomic mass is 10.2. The second-order valence-electron chi connectivity index (χ2n) is 3.85. The quantitative estimate of drug-likeness (QED) is 0.894. The molecule has 0 radical (unpaired) electrons. The van der Waals surface area contributed by atoms with E-state index in [1.807, 2.05) is 0 Å². The smallest absolute Gasteiger partial charge is 0.303 e. The molecule has 0 spiro atoms. The summed E-state index contributed by atoms with van der Waals surface area (Å²) < 4.78 is 15.0. The van der Waals surface area contributed by atoms with E-state index in [9.17, 15) is 9.18 Å². The minimum atomic E-state index is -0.898. The molecule has 18 heavy (non-hydrogen) atoms. The lowest BCUT2D eigenvalue weighted by molar-refractivity contribution is -0.137. The molecule has 0 atom stereocenters. The molecule has 0 aliphatic carbocycles. The molecular formula is C12H12FN3O2. The summed E-state index contributed by atoms with van der Waals surface area (Å²) in [7, 11) is 1.66. The molecule has 1 heterocycles. The van der Waals surface area contributed by atoms with Crippen molar-refractivity contribution >= 4 is 5.97 Å². The molecule has 0 saturated carbocycles. The van der Waals surface area contributed by atoms with Crippen molar-refractivity contribution in [2.75, 3.05) is 0 Å². The molecule has 0 fully saturated rings. The van der Waals surface area contributed by atoms with Crippen LogP contribution < -0.4 is 0 Å². The van der Waals surface area contributed by atoms with Gasteiger partial charge in [-0.1, -0.05) is 12.1 Å². The first-order chi connectivity index (χ1) is 8.58. The van der Waals surface area contributed by atoms with Gasteiger partial charge in [0.05, 0.1) is 12.0 Å². The molecule has 94 valence electrons. The highest BCUT2D eigenvalue weighted by Gasteiger charge is 2.13. The fourth-order valence-electron chi connectivity index (χ4n) is 1.61. The summed E-state index contributed by atoms with van der Waals surface area (Å²) in [5.41, 5.74) is 0.315. The number of hydrogen-bond donors (Lipinski definition) is 1. The normalized spacial score (nSPS) is 10.6. The molecule has 0 bridgehead atoms. The van der Waals surface area contributed by atoms with Crippen LogP contribution in [0, 0.1) is 5.82 Å². The molecule has 0 saturated heterocycles. The zero-order valence-electron chi connectivity index (χ0n) is 9.80. The number of hydrogen-bond acceptors (Lipinski definition) is 3. The molecule has 1 aromatic carbocycles. The number of aryl methyl sites for hydroxylation is 2. The van der Waals surface area contributed by atoms with Gasteiger partial charge in [-0.25, -0.2) is 9.37 Å². The Balaban J connectivity index is 2.29. The number of carboxylic acid groups (broad SMARTS) is 1. The van der Waals surface area contributed by atoms with Crippen molar-refractivity contribution in [1.29, 1.82) is 0 Å². The third-order valence-electron chi connectivity index (χ3n) is 2.53. The minimum Gasteiger partial charge on any atom is -0.481 e. The summed E-state index contributed by atoms with van der Waals surface area (Å²) in [4.78, 5) is 14.7. The Morgan fingerprint density at radius 1 is 1.44 bits per heavy atom. The lowest BCUT2D eigenvalue weighted by Gasteiger charge is -1.95. The summed E-state index contributed by atoms with van der Waals surface area (Å²) >= 11 is 0. The summed E-state index contributed by atoms with van der Waals surface area (Å²) in [6.07, 6.45) is 0.247. The molecule has 0 aliphatic heterocycles. The molecule has 5 nitrogen and oxygen atoms in total. The summed E-state index contributed by atoms with van der Waals surface area (Å²) in [5.74, 6) is -0.495. The van der Waals surface area contributed by atoms with Crippen LogP contribution in [0.3, 0.4) is 0 Å². The largest absolute Gasteiger partial charge is 0.481 e. The molecule has 0 amide bonds. The third-order valence-corrected chi connectivity index (χ3v) is 2.53. The van der Waals surface area contributed by atoms with Crippen LogP contribution in [0.1, 0.15) is 12.2 Å². The number of carboxylic acids is 1. The molecule has 0 unspecified atom stereocenters. The van der Waals surface area contributed by atoms with Crippen molar-refractivity contribution in [1.82, 2.24) is 14.8 Å². The highest BCUT2D eigenvalue weighted by molar-refractivity contribution is 5.67. The van der Waals surface area contributed by atoms with Crippen molar-refractivity contribution < 1.29 is 14.3 Å². The summed E-state index contributed by atoms with van der Waals surface area (Å²) in [6.45, 7) is 0. The van der Waals surface area contributed by atoms with E-state index in [0.717, 1.165) is 0 Å². The highest BCUT2D eigenvalue weighted by Crippen LogP contribution is 2.19. The predicted molar refractivity (Wildman–Crippen MR) is 62.4 cm³/mol. The zero-order chi connectivity index (χ0) is 13.1. The van der Waals surface area contributed by atoms with E-state index in [2.05, 4.69) is 10.1 Å². The number of nitrogens with zero attached hydrogens (tertiary/aromatic N) is 3. The van der Waals surface area contributed by atoms with Crippen LogP contribution in [0.4, 0.5) is 4.39 Å². The molecule has 1 N–H and O–H groups in total. The van der Waals surface area contributed by atoms with Crippen molar-refractivity contribution in [3.63, 3.8) is 0 Å². The monoisotopic (exact) mass is 249 g/mol. The van der Waals surface area contributed by atoms with Crippen molar-refractivity contribution in [3.05, 3.63) is 35.9 Å². The topological polar surface area (TPSA) is 68.0 Å². The van der Waals surface area contributed by atoms with E-state index < -0.39 is 11.8 Å². The molecular weight excluding hydrogens is 237 g/mol.